The van der Waals surface area contributed by atoms with Gasteiger partial charge >= 0.3 is 0 Å². The van der Waals surface area contributed by atoms with Gasteiger partial charge in [0.2, 0.25) is 0 Å². The maximum Gasteiger partial charge on any atom is 0.138 e. The summed E-state index contributed by atoms with van der Waals surface area (Å²) < 4.78 is 0. The number of thiophene rings is 1. The molecule has 5 nitrogen and oxygen atoms in total. The molecule has 134 valence electrons. The highest BCUT2D eigenvalue weighted by molar-refractivity contribution is 7.16. The third kappa shape index (κ3) is 3.28. The van der Waals surface area contributed by atoms with E-state index in [0.717, 1.165) is 32.9 Å². The summed E-state index contributed by atoms with van der Waals surface area (Å²) >= 11 is 1.62. The van der Waals surface area contributed by atoms with Gasteiger partial charge in [0.25, 0.3) is 0 Å². The van der Waals surface area contributed by atoms with Crippen molar-refractivity contribution >= 4 is 27.4 Å². The monoisotopic (exact) mass is 373 g/mol. The minimum Gasteiger partial charge on any atom is -0.363 e. The fourth-order valence-corrected chi connectivity index (χ4v) is 4.00. The summed E-state index contributed by atoms with van der Waals surface area (Å²) in [5.74, 6) is 1.56. The topological polar surface area (TPSA) is 63.6 Å². The normalized spacial score (nSPS) is 15.0. The SMILES string of the molecule is CC(Nc1ncnc2sccc12)c1ccc(-c2cncc(C3CC3)c2)nc1. The molecule has 1 atom stereocenters. The first-order chi connectivity index (χ1) is 13.3. The Morgan fingerprint density at radius 2 is 2.00 bits per heavy atom. The predicted molar refractivity (Wildman–Crippen MR) is 109 cm³/mol. The van der Waals surface area contributed by atoms with E-state index in [0.29, 0.717) is 5.92 Å². The number of hydrogen-bond donors (Lipinski definition) is 1. The molecule has 1 N–H and O–H groups in total. The molecule has 6 heteroatoms. The van der Waals surface area contributed by atoms with Crippen molar-refractivity contribution in [1.29, 1.82) is 0 Å². The van der Waals surface area contributed by atoms with Gasteiger partial charge in [-0.15, -0.1) is 11.3 Å². The van der Waals surface area contributed by atoms with Gasteiger partial charge in [-0.3, -0.25) is 9.97 Å². The van der Waals surface area contributed by atoms with Gasteiger partial charge in [-0.05, 0) is 60.4 Å². The largest absolute Gasteiger partial charge is 0.363 e. The van der Waals surface area contributed by atoms with Crippen LogP contribution in [0.15, 0.2) is 54.6 Å². The Balaban J connectivity index is 1.36. The van der Waals surface area contributed by atoms with E-state index in [-0.39, 0.29) is 6.04 Å². The van der Waals surface area contributed by atoms with Crippen molar-refractivity contribution in [2.45, 2.75) is 31.7 Å². The van der Waals surface area contributed by atoms with Gasteiger partial charge in [0.1, 0.15) is 17.0 Å². The Hall–Kier alpha value is -2.86. The third-order valence-corrected chi connectivity index (χ3v) is 5.83. The fourth-order valence-electron chi connectivity index (χ4n) is 3.26. The van der Waals surface area contributed by atoms with Crippen molar-refractivity contribution in [3.63, 3.8) is 0 Å². The van der Waals surface area contributed by atoms with Gasteiger partial charge in [0.15, 0.2) is 0 Å². The molecule has 4 aromatic heterocycles. The summed E-state index contributed by atoms with van der Waals surface area (Å²) in [5.41, 5.74) is 4.49. The number of nitrogens with one attached hydrogen (secondary N) is 1. The molecule has 5 rings (SSSR count). The first-order valence-electron chi connectivity index (χ1n) is 9.14. The minimum absolute atomic E-state index is 0.0977. The molecule has 4 heterocycles. The first-order valence-corrected chi connectivity index (χ1v) is 10.0. The van der Waals surface area contributed by atoms with E-state index >= 15 is 0 Å². The molecule has 0 saturated heterocycles. The molecule has 1 unspecified atom stereocenters. The molecular formula is C21H19N5S. The fraction of sp³-hybridized carbons (Fsp3) is 0.238. The van der Waals surface area contributed by atoms with E-state index in [1.165, 1.54) is 18.4 Å². The van der Waals surface area contributed by atoms with Gasteiger partial charge in [-0.1, -0.05) is 6.07 Å². The second-order valence-corrected chi connectivity index (χ2v) is 7.88. The smallest absolute Gasteiger partial charge is 0.138 e. The zero-order chi connectivity index (χ0) is 18.2. The Labute approximate surface area is 161 Å². The first kappa shape index (κ1) is 16.3. The summed E-state index contributed by atoms with van der Waals surface area (Å²) in [5, 5.41) is 6.58. The van der Waals surface area contributed by atoms with Gasteiger partial charge in [0, 0.05) is 24.2 Å². The molecule has 0 amide bonds. The Morgan fingerprint density at radius 3 is 2.81 bits per heavy atom. The molecule has 4 aromatic rings. The molecule has 27 heavy (non-hydrogen) atoms. The number of nitrogens with zero attached hydrogens (tertiary/aromatic N) is 4. The van der Waals surface area contributed by atoms with Gasteiger partial charge in [0.05, 0.1) is 17.1 Å². The minimum atomic E-state index is 0.0977. The average molecular weight is 373 g/mol. The molecule has 0 aliphatic heterocycles. The molecule has 1 saturated carbocycles. The highest BCUT2D eigenvalue weighted by Crippen LogP contribution is 2.40. The molecule has 1 aliphatic rings. The maximum atomic E-state index is 4.67. The lowest BCUT2D eigenvalue weighted by atomic mass is 10.1. The van der Waals surface area contributed by atoms with E-state index in [4.69, 9.17) is 0 Å². The summed E-state index contributed by atoms with van der Waals surface area (Å²) in [6, 6.07) is 8.57. The van der Waals surface area contributed by atoms with Gasteiger partial charge in [-0.2, -0.15) is 0 Å². The summed E-state index contributed by atoms with van der Waals surface area (Å²) in [7, 11) is 0. The van der Waals surface area contributed by atoms with Crippen LogP contribution < -0.4 is 5.32 Å². The molecule has 0 bridgehead atoms. The van der Waals surface area contributed by atoms with Crippen molar-refractivity contribution in [1.82, 2.24) is 19.9 Å². The second-order valence-electron chi connectivity index (χ2n) is 6.99. The van der Waals surface area contributed by atoms with Gasteiger partial charge < -0.3 is 5.32 Å². The van der Waals surface area contributed by atoms with Crippen LogP contribution in [0.4, 0.5) is 5.82 Å². The van der Waals surface area contributed by atoms with Crippen molar-refractivity contribution in [3.05, 3.63) is 65.7 Å². The number of aromatic nitrogens is 4. The number of hydrogen-bond acceptors (Lipinski definition) is 6. The lowest BCUT2D eigenvalue weighted by molar-refractivity contribution is 0.868. The highest BCUT2D eigenvalue weighted by Gasteiger charge is 2.24. The van der Waals surface area contributed by atoms with Crippen LogP contribution in [0.5, 0.6) is 0 Å². The molecular weight excluding hydrogens is 354 g/mol. The molecule has 0 radical (unpaired) electrons. The molecule has 0 aromatic carbocycles. The highest BCUT2D eigenvalue weighted by atomic mass is 32.1. The van der Waals surface area contributed by atoms with Crippen LogP contribution in [-0.2, 0) is 0 Å². The second kappa shape index (κ2) is 6.70. The summed E-state index contributed by atoms with van der Waals surface area (Å²) in [4.78, 5) is 18.8. The van der Waals surface area contributed by atoms with Crippen LogP contribution >= 0.6 is 11.3 Å². The van der Waals surface area contributed by atoms with Crippen LogP contribution in [0, 0.1) is 0 Å². The van der Waals surface area contributed by atoms with Crippen LogP contribution in [0.2, 0.25) is 0 Å². The maximum absolute atomic E-state index is 4.67. The Kier molecular flexibility index (Phi) is 4.05. The quantitative estimate of drug-likeness (QED) is 0.521. The van der Waals surface area contributed by atoms with Crippen molar-refractivity contribution in [2.75, 3.05) is 5.32 Å². The molecule has 1 fully saturated rings. The van der Waals surface area contributed by atoms with Crippen LogP contribution in [0.1, 0.15) is 42.9 Å². The van der Waals surface area contributed by atoms with Crippen LogP contribution in [0.25, 0.3) is 21.5 Å². The van der Waals surface area contributed by atoms with Crippen LogP contribution in [0.3, 0.4) is 0 Å². The number of rotatable bonds is 5. The predicted octanol–water partition coefficient (Wildman–Crippen LogP) is 5.20. The lowest BCUT2D eigenvalue weighted by Crippen LogP contribution is -2.08. The van der Waals surface area contributed by atoms with E-state index in [2.05, 4.69) is 56.4 Å². The van der Waals surface area contributed by atoms with Crippen molar-refractivity contribution in [2.24, 2.45) is 0 Å². The Morgan fingerprint density at radius 1 is 1.07 bits per heavy atom. The van der Waals surface area contributed by atoms with E-state index in [1.807, 2.05) is 24.0 Å². The van der Waals surface area contributed by atoms with E-state index < -0.39 is 0 Å². The Bertz CT molecular complexity index is 1090. The zero-order valence-electron chi connectivity index (χ0n) is 15.0. The lowest BCUT2D eigenvalue weighted by Gasteiger charge is -2.15. The van der Waals surface area contributed by atoms with Crippen LogP contribution in [-0.4, -0.2) is 19.9 Å². The summed E-state index contributed by atoms with van der Waals surface area (Å²) in [6.07, 6.45) is 9.97. The zero-order valence-corrected chi connectivity index (χ0v) is 15.8. The number of fused-ring (bicyclic) bond motifs is 1. The molecule has 1 aliphatic carbocycles. The molecule has 0 spiro atoms. The van der Waals surface area contributed by atoms with Crippen molar-refractivity contribution in [3.8, 4) is 11.3 Å². The standard InChI is InChI=1S/C21H19N5S/c1-13(26-20-18-6-7-27-21(18)25-12-24-20)15-4-5-19(23-11-15)17-8-16(9-22-10-17)14-2-3-14/h4-14H,2-3H2,1H3,(H,24,25,26). The van der Waals surface area contributed by atoms with Gasteiger partial charge in [-0.25, -0.2) is 9.97 Å². The van der Waals surface area contributed by atoms with E-state index in [9.17, 15) is 0 Å². The number of anilines is 1. The third-order valence-electron chi connectivity index (χ3n) is 5.01. The van der Waals surface area contributed by atoms with Crippen molar-refractivity contribution < 1.29 is 0 Å². The summed E-state index contributed by atoms with van der Waals surface area (Å²) in [6.45, 7) is 2.12. The number of pyridine rings is 2. The average Bonchev–Trinajstić information content (AvgIpc) is 3.45. The van der Waals surface area contributed by atoms with E-state index in [1.54, 1.807) is 17.7 Å².